The number of hydrogen-bond acceptors (Lipinski definition) is 4. The van der Waals surface area contributed by atoms with Gasteiger partial charge in [0.05, 0.1) is 11.7 Å². The predicted octanol–water partition coefficient (Wildman–Crippen LogP) is 1.58. The summed E-state index contributed by atoms with van der Waals surface area (Å²) in [5.41, 5.74) is -0.888. The fourth-order valence-electron chi connectivity index (χ4n) is 1.89. The van der Waals surface area contributed by atoms with E-state index < -0.39 is 17.1 Å². The Bertz CT molecular complexity index is 817. The van der Waals surface area contributed by atoms with E-state index in [4.69, 9.17) is 0 Å². The molecule has 21 heavy (non-hydrogen) atoms. The molecule has 1 aliphatic carbocycles. The van der Waals surface area contributed by atoms with Crippen LogP contribution in [0.3, 0.4) is 0 Å². The normalized spacial score (nSPS) is 14.7. The summed E-state index contributed by atoms with van der Waals surface area (Å²) in [4.78, 5) is 30.1. The molecule has 1 aromatic heterocycles. The van der Waals surface area contributed by atoms with Crippen molar-refractivity contribution in [2.75, 3.05) is 0 Å². The first-order valence-electron chi connectivity index (χ1n) is 6.43. The molecule has 2 aromatic rings. The number of nitrogens with one attached hydrogen (secondary N) is 1. The van der Waals surface area contributed by atoms with Crippen LogP contribution in [0, 0.1) is 0 Å². The van der Waals surface area contributed by atoms with Gasteiger partial charge in [0.1, 0.15) is 5.56 Å². The zero-order valence-corrected chi connectivity index (χ0v) is 12.5. The van der Waals surface area contributed by atoms with Crippen LogP contribution in [0.5, 0.6) is 5.88 Å². The van der Waals surface area contributed by atoms with Crippen LogP contribution < -0.4 is 11.2 Å². The fourth-order valence-corrected chi connectivity index (χ4v) is 2.15. The Balaban J connectivity index is 2.15. The Morgan fingerprint density at radius 2 is 1.95 bits per heavy atom. The summed E-state index contributed by atoms with van der Waals surface area (Å²) in [6, 6.07) is 7.02. The van der Waals surface area contributed by atoms with Crippen LogP contribution in [0.2, 0.25) is 0 Å². The first kappa shape index (κ1) is 13.8. The fraction of sp³-hybridized carbons (Fsp3) is 0.214. The lowest BCUT2D eigenvalue weighted by Crippen LogP contribution is -2.31. The van der Waals surface area contributed by atoms with Crippen LogP contribution in [0.25, 0.3) is 5.69 Å². The lowest BCUT2D eigenvalue weighted by molar-refractivity contribution is 0.430. The highest BCUT2D eigenvalue weighted by Crippen LogP contribution is 2.24. The quantitative estimate of drug-likeness (QED) is 0.824. The van der Waals surface area contributed by atoms with Crippen molar-refractivity contribution in [3.05, 3.63) is 55.1 Å². The van der Waals surface area contributed by atoms with E-state index in [9.17, 15) is 14.7 Å². The summed E-state index contributed by atoms with van der Waals surface area (Å²) < 4.78 is 1.89. The van der Waals surface area contributed by atoms with Crippen LogP contribution in [0.1, 0.15) is 18.4 Å². The van der Waals surface area contributed by atoms with Gasteiger partial charge in [-0.15, -0.1) is 0 Å². The third kappa shape index (κ3) is 2.82. The Hall–Kier alpha value is -2.15. The molecule has 1 heterocycles. The van der Waals surface area contributed by atoms with Gasteiger partial charge in [-0.2, -0.15) is 0 Å². The molecule has 0 bridgehead atoms. The molecular formula is C14H12BrN3O3. The first-order valence-corrected chi connectivity index (χ1v) is 7.23. The van der Waals surface area contributed by atoms with Crippen molar-refractivity contribution in [2.45, 2.75) is 18.9 Å². The van der Waals surface area contributed by atoms with Crippen molar-refractivity contribution in [3.63, 3.8) is 0 Å². The van der Waals surface area contributed by atoms with Gasteiger partial charge in [0.15, 0.2) is 0 Å². The predicted molar refractivity (Wildman–Crippen MR) is 82.6 cm³/mol. The van der Waals surface area contributed by atoms with E-state index in [-0.39, 0.29) is 11.6 Å². The third-order valence-corrected chi connectivity index (χ3v) is 3.70. The number of rotatable bonds is 3. The van der Waals surface area contributed by atoms with Gasteiger partial charge in [-0.05, 0) is 37.1 Å². The summed E-state index contributed by atoms with van der Waals surface area (Å²) in [5, 5.41) is 10.2. The van der Waals surface area contributed by atoms with E-state index in [1.165, 1.54) is 6.21 Å². The topological polar surface area (TPSA) is 87.5 Å². The number of aromatic nitrogens is 2. The van der Waals surface area contributed by atoms with Gasteiger partial charge >= 0.3 is 5.69 Å². The Kier molecular flexibility index (Phi) is 3.50. The van der Waals surface area contributed by atoms with Crippen LogP contribution in [0.4, 0.5) is 0 Å². The monoisotopic (exact) mass is 349 g/mol. The second-order valence-corrected chi connectivity index (χ2v) is 5.73. The third-order valence-electron chi connectivity index (χ3n) is 3.17. The molecule has 1 saturated carbocycles. The average molecular weight is 350 g/mol. The van der Waals surface area contributed by atoms with Crippen LogP contribution in [-0.2, 0) is 0 Å². The average Bonchev–Trinajstić information content (AvgIpc) is 3.24. The van der Waals surface area contributed by atoms with Crippen molar-refractivity contribution < 1.29 is 5.11 Å². The van der Waals surface area contributed by atoms with Crippen LogP contribution in [-0.4, -0.2) is 26.9 Å². The van der Waals surface area contributed by atoms with E-state index in [2.05, 4.69) is 25.9 Å². The van der Waals surface area contributed by atoms with Crippen molar-refractivity contribution in [3.8, 4) is 11.6 Å². The van der Waals surface area contributed by atoms with Crippen molar-refractivity contribution >= 4 is 22.1 Å². The van der Waals surface area contributed by atoms with Gasteiger partial charge in [0, 0.05) is 10.7 Å². The molecular weight excluding hydrogens is 338 g/mol. The summed E-state index contributed by atoms with van der Waals surface area (Å²) in [6.45, 7) is 0. The summed E-state index contributed by atoms with van der Waals surface area (Å²) in [7, 11) is 0. The Morgan fingerprint density at radius 1 is 1.29 bits per heavy atom. The number of aliphatic imine (C=N–C) groups is 1. The molecule has 0 atom stereocenters. The van der Waals surface area contributed by atoms with E-state index >= 15 is 0 Å². The van der Waals surface area contributed by atoms with E-state index in [0.717, 1.165) is 21.9 Å². The maximum absolute atomic E-state index is 11.9. The number of H-pyrrole nitrogens is 1. The molecule has 0 unspecified atom stereocenters. The largest absolute Gasteiger partial charge is 0.493 e. The minimum Gasteiger partial charge on any atom is -0.493 e. The van der Waals surface area contributed by atoms with Crippen molar-refractivity contribution in [1.82, 2.24) is 9.55 Å². The molecule has 0 amide bonds. The smallest absolute Gasteiger partial charge is 0.335 e. The molecule has 1 aromatic carbocycles. The lowest BCUT2D eigenvalue weighted by atomic mass is 10.3. The number of halogens is 1. The van der Waals surface area contributed by atoms with Crippen molar-refractivity contribution in [1.29, 1.82) is 0 Å². The molecule has 7 heteroatoms. The number of nitrogens with zero attached hydrogens (tertiary/aromatic N) is 2. The summed E-state index contributed by atoms with van der Waals surface area (Å²) in [5.74, 6) is -0.407. The molecule has 6 nitrogen and oxygen atoms in total. The Labute approximate surface area is 127 Å². The van der Waals surface area contributed by atoms with Gasteiger partial charge < -0.3 is 5.11 Å². The molecule has 1 aliphatic rings. The SMILES string of the molecule is O=c1[nH]c(=O)n(-c2ccc(Br)cc2)c(O)c1C=NC1CC1. The zero-order chi connectivity index (χ0) is 15.0. The molecule has 0 radical (unpaired) electrons. The number of aromatic hydroxyl groups is 1. The van der Waals surface area contributed by atoms with E-state index in [1.54, 1.807) is 24.3 Å². The maximum atomic E-state index is 11.9. The van der Waals surface area contributed by atoms with Crippen molar-refractivity contribution in [2.24, 2.45) is 4.99 Å². The lowest BCUT2D eigenvalue weighted by Gasteiger charge is -2.09. The summed E-state index contributed by atoms with van der Waals surface area (Å²) in [6.07, 6.45) is 3.31. The first-order chi connectivity index (χ1) is 10.1. The minimum absolute atomic E-state index is 0.00980. The van der Waals surface area contributed by atoms with E-state index in [0.29, 0.717) is 5.69 Å². The molecule has 108 valence electrons. The van der Waals surface area contributed by atoms with Gasteiger partial charge in [0.2, 0.25) is 5.88 Å². The second-order valence-electron chi connectivity index (χ2n) is 4.82. The van der Waals surface area contributed by atoms with Crippen LogP contribution >= 0.6 is 15.9 Å². The number of benzene rings is 1. The molecule has 0 saturated heterocycles. The summed E-state index contributed by atoms with van der Waals surface area (Å²) >= 11 is 3.30. The minimum atomic E-state index is -0.691. The molecule has 0 spiro atoms. The molecule has 0 aliphatic heterocycles. The van der Waals surface area contributed by atoms with Gasteiger partial charge in [-0.25, -0.2) is 9.36 Å². The zero-order valence-electron chi connectivity index (χ0n) is 10.9. The van der Waals surface area contributed by atoms with Crippen LogP contribution in [0.15, 0.2) is 43.3 Å². The molecule has 1 fully saturated rings. The number of aromatic amines is 1. The second kappa shape index (κ2) is 5.33. The highest BCUT2D eigenvalue weighted by molar-refractivity contribution is 9.10. The van der Waals surface area contributed by atoms with Gasteiger partial charge in [-0.3, -0.25) is 14.8 Å². The number of hydrogen-bond donors (Lipinski definition) is 2. The maximum Gasteiger partial charge on any atom is 0.335 e. The standard InChI is InChI=1S/C14H12BrN3O3/c15-8-1-5-10(6-2-8)18-13(20)11(7-16-9-3-4-9)12(19)17-14(18)21/h1-2,5-7,9,20H,3-4H2,(H,17,19,21). The molecule has 3 rings (SSSR count). The van der Waals surface area contributed by atoms with Gasteiger partial charge in [-0.1, -0.05) is 15.9 Å². The molecule has 2 N–H and O–H groups in total. The van der Waals surface area contributed by atoms with Gasteiger partial charge in [0.25, 0.3) is 5.56 Å². The Morgan fingerprint density at radius 3 is 2.57 bits per heavy atom. The van der Waals surface area contributed by atoms with E-state index in [1.807, 2.05) is 0 Å². The highest BCUT2D eigenvalue weighted by atomic mass is 79.9. The highest BCUT2D eigenvalue weighted by Gasteiger charge is 2.20.